The lowest BCUT2D eigenvalue weighted by Gasteiger charge is -2.57. The monoisotopic (exact) mass is 673 g/mol. The van der Waals surface area contributed by atoms with Crippen LogP contribution in [0.3, 0.4) is 0 Å². The van der Waals surface area contributed by atoms with Crippen LogP contribution in [0, 0.1) is 5.41 Å². The standard InChI is InChI=1S/C36H43N5O6S/c1-21(42)39-18-24-15-25(19-39)41(24)35(44)36-17-30(36)29-16-26(47-4)11-13-27(29)33-32(22-8-6-5-7-9-22)28-12-10-23(14-31(28)40(33)20-36)34(43)37-48(45,46)38(2)3/h10-14,16,22,24-25,30H,5-9,15,17-20H2,1-4H3,(H,37,43)/t24-,25+,30?,36?. The zero-order chi connectivity index (χ0) is 33.7. The molecule has 2 aromatic carbocycles. The summed E-state index contributed by atoms with van der Waals surface area (Å²) in [4.78, 5) is 44.3. The largest absolute Gasteiger partial charge is 0.497 e. The first-order chi connectivity index (χ1) is 22.9. The molecule has 254 valence electrons. The first-order valence-corrected chi connectivity index (χ1v) is 18.5. The van der Waals surface area contributed by atoms with Gasteiger partial charge in [0.25, 0.3) is 5.91 Å². The molecule has 1 N–H and O–H groups in total. The van der Waals surface area contributed by atoms with E-state index in [4.69, 9.17) is 4.74 Å². The topological polar surface area (TPSA) is 121 Å². The van der Waals surface area contributed by atoms with Crippen LogP contribution >= 0.6 is 0 Å². The molecule has 0 radical (unpaired) electrons. The van der Waals surface area contributed by atoms with Crippen LogP contribution in [-0.4, -0.2) is 91.2 Å². The lowest BCUT2D eigenvalue weighted by atomic mass is 9.81. The Morgan fingerprint density at radius 2 is 1.73 bits per heavy atom. The fourth-order valence-corrected chi connectivity index (χ4v) is 9.68. The van der Waals surface area contributed by atoms with Gasteiger partial charge in [-0.05, 0) is 73.1 Å². The third-order valence-electron chi connectivity index (χ3n) is 11.8. The first-order valence-electron chi connectivity index (χ1n) is 17.1. The van der Waals surface area contributed by atoms with Gasteiger partial charge in [0, 0.05) is 68.6 Å². The summed E-state index contributed by atoms with van der Waals surface area (Å²) < 4.78 is 36.3. The number of amides is 3. The number of rotatable bonds is 6. The molecule has 2 unspecified atom stereocenters. The average Bonchev–Trinajstić information content (AvgIpc) is 3.74. The van der Waals surface area contributed by atoms with Crippen molar-refractivity contribution in [3.05, 3.63) is 53.1 Å². The summed E-state index contributed by atoms with van der Waals surface area (Å²) in [6.07, 6.45) is 7.26. The highest BCUT2D eigenvalue weighted by Gasteiger charge is 2.66. The maximum absolute atomic E-state index is 14.8. The molecule has 2 bridgehead atoms. The minimum absolute atomic E-state index is 0.00575. The fourth-order valence-electron chi connectivity index (χ4n) is 9.15. The Labute approximate surface area is 281 Å². The second-order valence-corrected chi connectivity index (χ2v) is 16.6. The lowest BCUT2D eigenvalue weighted by molar-refractivity contribution is -0.165. The number of fused-ring (bicyclic) bond motifs is 9. The van der Waals surface area contributed by atoms with E-state index in [1.807, 2.05) is 17.0 Å². The van der Waals surface area contributed by atoms with E-state index in [2.05, 4.69) is 26.3 Å². The molecule has 0 spiro atoms. The SMILES string of the molecule is COc1ccc2c(c1)C1CC1(C(=O)N1[C@@H]3C[C@H]1CN(C(C)=O)C3)Cn1c-2c(C2CCCCC2)c2ccc(C(=O)NS(=O)(=O)N(C)C)cc21. The van der Waals surface area contributed by atoms with Gasteiger partial charge in [0.1, 0.15) is 5.75 Å². The maximum Gasteiger partial charge on any atom is 0.303 e. The summed E-state index contributed by atoms with van der Waals surface area (Å²) >= 11 is 0. The molecule has 2 aliphatic carbocycles. The van der Waals surface area contributed by atoms with Crippen molar-refractivity contribution >= 4 is 38.8 Å². The van der Waals surface area contributed by atoms with Crippen LogP contribution in [0.1, 0.15) is 85.2 Å². The molecule has 2 saturated heterocycles. The first kappa shape index (κ1) is 31.4. The Hall–Kier alpha value is -3.90. The van der Waals surface area contributed by atoms with Crippen molar-refractivity contribution < 1.29 is 27.5 Å². The van der Waals surface area contributed by atoms with Crippen LogP contribution in [0.5, 0.6) is 5.75 Å². The Balaban J connectivity index is 1.29. The molecule has 3 aromatic rings. The minimum Gasteiger partial charge on any atom is -0.497 e. The quantitative estimate of drug-likeness (QED) is 0.419. The van der Waals surface area contributed by atoms with Gasteiger partial charge in [-0.15, -0.1) is 0 Å². The Morgan fingerprint density at radius 3 is 2.40 bits per heavy atom. The molecule has 5 aliphatic rings. The second-order valence-electron chi connectivity index (χ2n) is 14.7. The van der Waals surface area contributed by atoms with E-state index in [1.54, 1.807) is 26.2 Å². The number of aromatic nitrogens is 1. The number of nitrogens with zero attached hydrogens (tertiary/aromatic N) is 4. The third kappa shape index (κ3) is 4.69. The highest BCUT2D eigenvalue weighted by atomic mass is 32.2. The van der Waals surface area contributed by atoms with Crippen molar-refractivity contribution in [1.29, 1.82) is 0 Å². The van der Waals surface area contributed by atoms with Crippen molar-refractivity contribution in [2.75, 3.05) is 34.3 Å². The van der Waals surface area contributed by atoms with Crippen molar-refractivity contribution in [1.82, 2.24) is 23.4 Å². The zero-order valence-electron chi connectivity index (χ0n) is 28.0. The van der Waals surface area contributed by atoms with E-state index in [0.29, 0.717) is 32.0 Å². The number of hydrogen-bond donors (Lipinski definition) is 1. The number of piperazine rings is 1. The predicted octanol–water partition coefficient (Wildman–Crippen LogP) is 4.22. The lowest BCUT2D eigenvalue weighted by Crippen LogP contribution is -2.71. The van der Waals surface area contributed by atoms with Gasteiger partial charge in [0.05, 0.1) is 30.3 Å². The highest BCUT2D eigenvalue weighted by Crippen LogP contribution is 2.67. The molecule has 4 heterocycles. The molecule has 3 amide bonds. The number of ether oxygens (including phenoxy) is 1. The molecule has 3 aliphatic heterocycles. The van der Waals surface area contributed by atoms with E-state index in [0.717, 1.165) is 69.9 Å². The van der Waals surface area contributed by atoms with Gasteiger partial charge in [-0.2, -0.15) is 12.7 Å². The summed E-state index contributed by atoms with van der Waals surface area (Å²) in [6.45, 7) is 3.19. The van der Waals surface area contributed by atoms with Gasteiger partial charge < -0.3 is 19.1 Å². The van der Waals surface area contributed by atoms with Gasteiger partial charge >= 0.3 is 10.2 Å². The number of benzene rings is 2. The summed E-state index contributed by atoms with van der Waals surface area (Å²) in [6, 6.07) is 11.8. The van der Waals surface area contributed by atoms with Gasteiger partial charge in [0.2, 0.25) is 11.8 Å². The van der Waals surface area contributed by atoms with Crippen LogP contribution in [0.4, 0.5) is 0 Å². The summed E-state index contributed by atoms with van der Waals surface area (Å²) in [5, 5.41) is 1.05. The Kier molecular flexibility index (Phi) is 7.23. The summed E-state index contributed by atoms with van der Waals surface area (Å²) in [5.74, 6) is 0.584. The van der Waals surface area contributed by atoms with Crippen LogP contribution in [-0.2, 0) is 26.3 Å². The van der Waals surface area contributed by atoms with Crippen LogP contribution in [0.2, 0.25) is 0 Å². The number of carbonyl (C=O) groups excluding carboxylic acids is 3. The molecular formula is C36H43N5O6S. The number of hydrogen-bond acceptors (Lipinski definition) is 6. The molecule has 4 fully saturated rings. The Bertz CT molecular complexity index is 1970. The normalized spacial score (nSPS) is 26.2. The van der Waals surface area contributed by atoms with E-state index in [1.165, 1.54) is 26.1 Å². The van der Waals surface area contributed by atoms with Gasteiger partial charge in [-0.1, -0.05) is 25.3 Å². The number of nitrogens with one attached hydrogen (secondary N) is 1. The van der Waals surface area contributed by atoms with E-state index >= 15 is 0 Å². The molecule has 2 saturated carbocycles. The smallest absolute Gasteiger partial charge is 0.303 e. The number of piperidine rings is 1. The number of likely N-dealkylation sites (tertiary alicyclic amines) is 2. The summed E-state index contributed by atoms with van der Waals surface area (Å²) in [7, 11) is 0.432. The minimum atomic E-state index is -3.99. The van der Waals surface area contributed by atoms with Gasteiger partial charge in [0.15, 0.2) is 0 Å². The third-order valence-corrected chi connectivity index (χ3v) is 13.2. The van der Waals surface area contributed by atoms with E-state index in [-0.39, 0.29) is 35.4 Å². The average molecular weight is 674 g/mol. The van der Waals surface area contributed by atoms with Crippen LogP contribution in [0.15, 0.2) is 36.4 Å². The number of carbonyl (C=O) groups is 3. The molecule has 48 heavy (non-hydrogen) atoms. The van der Waals surface area contributed by atoms with Gasteiger partial charge in [-0.25, -0.2) is 4.72 Å². The van der Waals surface area contributed by atoms with Crippen molar-refractivity contribution in [2.24, 2.45) is 5.41 Å². The van der Waals surface area contributed by atoms with Crippen LogP contribution in [0.25, 0.3) is 22.2 Å². The Morgan fingerprint density at radius 1 is 1.00 bits per heavy atom. The van der Waals surface area contributed by atoms with Crippen molar-refractivity contribution in [2.45, 2.75) is 82.3 Å². The molecular weight excluding hydrogens is 630 g/mol. The molecule has 11 nitrogen and oxygen atoms in total. The van der Waals surface area contributed by atoms with E-state index in [9.17, 15) is 22.8 Å². The van der Waals surface area contributed by atoms with Crippen molar-refractivity contribution in [3.63, 3.8) is 0 Å². The molecule has 1 aromatic heterocycles. The van der Waals surface area contributed by atoms with Crippen LogP contribution < -0.4 is 9.46 Å². The van der Waals surface area contributed by atoms with E-state index < -0.39 is 21.5 Å². The predicted molar refractivity (Wildman–Crippen MR) is 181 cm³/mol. The zero-order valence-corrected chi connectivity index (χ0v) is 28.8. The fraction of sp³-hybridized carbons (Fsp3) is 0.528. The molecule has 8 rings (SSSR count). The van der Waals surface area contributed by atoms with Crippen molar-refractivity contribution in [3.8, 4) is 17.0 Å². The second kappa shape index (κ2) is 11.1. The number of methoxy groups -OCH3 is 1. The summed E-state index contributed by atoms with van der Waals surface area (Å²) in [5.41, 5.74) is 4.98. The van der Waals surface area contributed by atoms with Gasteiger partial charge in [-0.3, -0.25) is 14.4 Å². The highest BCUT2D eigenvalue weighted by molar-refractivity contribution is 7.87. The molecule has 12 heteroatoms. The maximum atomic E-state index is 14.8. The molecule has 4 atom stereocenters.